The summed E-state index contributed by atoms with van der Waals surface area (Å²) in [6.07, 6.45) is 2.28. The van der Waals surface area contributed by atoms with Gasteiger partial charge in [0.15, 0.2) is 0 Å². The van der Waals surface area contributed by atoms with Gasteiger partial charge in [-0.3, -0.25) is 9.59 Å². The van der Waals surface area contributed by atoms with Gasteiger partial charge in [0.25, 0.3) is 5.91 Å². The third kappa shape index (κ3) is 4.64. The zero-order chi connectivity index (χ0) is 24.4. The highest BCUT2D eigenvalue weighted by Gasteiger charge is 2.35. The molecule has 2 aromatic heterocycles. The first-order chi connectivity index (χ1) is 17.0. The zero-order valence-electron chi connectivity index (χ0n) is 19.3. The van der Waals surface area contributed by atoms with Crippen LogP contribution in [0.2, 0.25) is 0 Å². The lowest BCUT2D eigenvalue weighted by atomic mass is 9.90. The Morgan fingerprint density at radius 3 is 2.63 bits per heavy atom. The molecule has 1 aliphatic rings. The number of aryl methyl sites for hydroxylation is 1. The highest BCUT2D eigenvalue weighted by molar-refractivity contribution is 7.10. The van der Waals surface area contributed by atoms with Gasteiger partial charge in [-0.2, -0.15) is 0 Å². The van der Waals surface area contributed by atoms with Gasteiger partial charge in [-0.1, -0.05) is 36.4 Å². The molecule has 0 N–H and O–H groups in total. The Hall–Kier alpha value is -3.71. The molecular formula is C28H25FN2O3S. The maximum absolute atomic E-state index is 14.5. The second-order valence-corrected chi connectivity index (χ2v) is 9.62. The van der Waals surface area contributed by atoms with Gasteiger partial charge in [0, 0.05) is 11.4 Å². The summed E-state index contributed by atoms with van der Waals surface area (Å²) < 4.78 is 19.9. The van der Waals surface area contributed by atoms with Crippen molar-refractivity contribution in [3.8, 4) is 0 Å². The number of amides is 2. The first-order valence-corrected chi connectivity index (χ1v) is 12.4. The van der Waals surface area contributed by atoms with E-state index in [-0.39, 0.29) is 30.6 Å². The number of rotatable bonds is 6. The summed E-state index contributed by atoms with van der Waals surface area (Å²) in [5.41, 5.74) is 3.23. The lowest BCUT2D eigenvalue weighted by Gasteiger charge is -2.38. The van der Waals surface area contributed by atoms with Crippen molar-refractivity contribution in [3.63, 3.8) is 0 Å². The smallest absolute Gasteiger partial charge is 0.257 e. The third-order valence-corrected chi connectivity index (χ3v) is 7.41. The van der Waals surface area contributed by atoms with Crippen molar-refractivity contribution < 1.29 is 18.4 Å². The van der Waals surface area contributed by atoms with Crippen LogP contribution in [0.4, 0.5) is 4.39 Å². The standard InChI is InChI=1S/C28H25FN2O3S/c1-19-7-2-3-9-21(19)27-23-13-16-35-25(23)12-14-31(27)26(32)18-30(17-20-8-6-15-34-20)28(33)22-10-4-5-11-24(22)29/h2-11,13,15-16,27H,12,14,17-18H2,1H3. The van der Waals surface area contributed by atoms with E-state index in [4.69, 9.17) is 4.42 Å². The molecule has 4 aromatic rings. The van der Waals surface area contributed by atoms with E-state index < -0.39 is 11.7 Å². The summed E-state index contributed by atoms with van der Waals surface area (Å²) in [6.45, 7) is 2.48. The van der Waals surface area contributed by atoms with Crippen LogP contribution in [-0.2, 0) is 17.8 Å². The molecule has 7 heteroatoms. The van der Waals surface area contributed by atoms with Gasteiger partial charge in [-0.25, -0.2) is 4.39 Å². The van der Waals surface area contributed by atoms with Crippen LogP contribution in [0.25, 0.3) is 0 Å². The Balaban J connectivity index is 1.47. The fourth-order valence-corrected chi connectivity index (χ4v) is 5.57. The van der Waals surface area contributed by atoms with E-state index in [0.29, 0.717) is 12.3 Å². The molecule has 2 aromatic carbocycles. The van der Waals surface area contributed by atoms with Crippen molar-refractivity contribution in [3.05, 3.63) is 117 Å². The molecule has 3 heterocycles. The molecule has 0 spiro atoms. The molecule has 0 saturated carbocycles. The van der Waals surface area contributed by atoms with Crippen LogP contribution in [0.1, 0.15) is 43.7 Å². The average molecular weight is 489 g/mol. The number of hydrogen-bond donors (Lipinski definition) is 0. The third-order valence-electron chi connectivity index (χ3n) is 6.41. The Bertz CT molecular complexity index is 1350. The van der Waals surface area contributed by atoms with E-state index in [1.165, 1.54) is 34.2 Å². The van der Waals surface area contributed by atoms with Crippen molar-refractivity contribution in [2.24, 2.45) is 0 Å². The van der Waals surface area contributed by atoms with Gasteiger partial charge in [0.05, 0.1) is 24.4 Å². The minimum absolute atomic E-state index is 0.0679. The lowest BCUT2D eigenvalue weighted by molar-refractivity contribution is -0.134. The van der Waals surface area contributed by atoms with E-state index in [1.54, 1.807) is 29.5 Å². The van der Waals surface area contributed by atoms with Gasteiger partial charge in [0.2, 0.25) is 5.91 Å². The van der Waals surface area contributed by atoms with Crippen LogP contribution in [0, 0.1) is 12.7 Å². The normalized spacial score (nSPS) is 15.0. The monoisotopic (exact) mass is 488 g/mol. The van der Waals surface area contributed by atoms with Crippen LogP contribution in [0.3, 0.4) is 0 Å². The number of halogens is 1. The number of hydrogen-bond acceptors (Lipinski definition) is 4. The largest absolute Gasteiger partial charge is 0.467 e. The molecule has 178 valence electrons. The number of carbonyl (C=O) groups is 2. The van der Waals surface area contributed by atoms with Gasteiger partial charge in [-0.05, 0) is 65.7 Å². The lowest BCUT2D eigenvalue weighted by Crippen LogP contribution is -2.46. The molecule has 5 rings (SSSR count). The second kappa shape index (κ2) is 9.88. The molecule has 5 nitrogen and oxygen atoms in total. The predicted molar refractivity (Wildman–Crippen MR) is 133 cm³/mol. The Morgan fingerprint density at radius 2 is 1.86 bits per heavy atom. The molecule has 0 bridgehead atoms. The molecule has 0 saturated heterocycles. The topological polar surface area (TPSA) is 53.8 Å². The summed E-state index contributed by atoms with van der Waals surface area (Å²) in [5.74, 6) is -0.829. The minimum atomic E-state index is -0.618. The fraction of sp³-hybridized carbons (Fsp3) is 0.214. The molecule has 0 aliphatic carbocycles. The molecule has 1 unspecified atom stereocenters. The summed E-state index contributed by atoms with van der Waals surface area (Å²) in [5, 5.41) is 2.06. The van der Waals surface area contributed by atoms with Crippen molar-refractivity contribution >= 4 is 23.2 Å². The number of fused-ring (bicyclic) bond motifs is 1. The minimum Gasteiger partial charge on any atom is -0.467 e. The van der Waals surface area contributed by atoms with Gasteiger partial charge < -0.3 is 14.2 Å². The van der Waals surface area contributed by atoms with Crippen molar-refractivity contribution in [1.29, 1.82) is 0 Å². The number of carbonyl (C=O) groups excluding carboxylic acids is 2. The van der Waals surface area contributed by atoms with Crippen molar-refractivity contribution in [2.45, 2.75) is 25.9 Å². The predicted octanol–water partition coefficient (Wildman–Crippen LogP) is 5.61. The average Bonchev–Trinajstić information content (AvgIpc) is 3.55. The number of benzene rings is 2. The SMILES string of the molecule is Cc1ccccc1C1c2ccsc2CCN1C(=O)CN(Cc1ccco1)C(=O)c1ccccc1F. The maximum atomic E-state index is 14.5. The highest BCUT2D eigenvalue weighted by atomic mass is 32.1. The Kier molecular flexibility index (Phi) is 6.51. The van der Waals surface area contributed by atoms with E-state index >= 15 is 0 Å². The van der Waals surface area contributed by atoms with Gasteiger partial charge in [0.1, 0.15) is 18.1 Å². The summed E-state index contributed by atoms with van der Waals surface area (Å²) in [6, 6.07) is 19.2. The molecule has 0 radical (unpaired) electrons. The van der Waals surface area contributed by atoms with Crippen LogP contribution in [-0.4, -0.2) is 34.7 Å². The zero-order valence-corrected chi connectivity index (χ0v) is 20.1. The summed E-state index contributed by atoms with van der Waals surface area (Å²) in [4.78, 5) is 31.6. The number of thiophene rings is 1. The molecule has 35 heavy (non-hydrogen) atoms. The van der Waals surface area contributed by atoms with E-state index in [1.807, 2.05) is 30.0 Å². The van der Waals surface area contributed by atoms with Gasteiger partial charge >= 0.3 is 0 Å². The van der Waals surface area contributed by atoms with Crippen molar-refractivity contribution in [2.75, 3.05) is 13.1 Å². The van der Waals surface area contributed by atoms with Crippen LogP contribution in [0.15, 0.2) is 82.8 Å². The molecule has 1 atom stereocenters. The van der Waals surface area contributed by atoms with E-state index in [9.17, 15) is 14.0 Å². The Labute approximate surface area is 207 Å². The molecular weight excluding hydrogens is 463 g/mol. The maximum Gasteiger partial charge on any atom is 0.257 e. The van der Waals surface area contributed by atoms with Crippen LogP contribution in [0.5, 0.6) is 0 Å². The quantitative estimate of drug-likeness (QED) is 0.355. The van der Waals surface area contributed by atoms with Crippen molar-refractivity contribution in [1.82, 2.24) is 9.80 Å². The van der Waals surface area contributed by atoms with Crippen LogP contribution < -0.4 is 0 Å². The first-order valence-electron chi connectivity index (χ1n) is 11.5. The van der Waals surface area contributed by atoms with Gasteiger partial charge in [-0.15, -0.1) is 11.3 Å². The fourth-order valence-electron chi connectivity index (χ4n) is 4.66. The summed E-state index contributed by atoms with van der Waals surface area (Å²) in [7, 11) is 0. The Morgan fingerprint density at radius 1 is 1.06 bits per heavy atom. The number of nitrogens with zero attached hydrogens (tertiary/aromatic N) is 2. The highest BCUT2D eigenvalue weighted by Crippen LogP contribution is 2.39. The first kappa shape index (κ1) is 23.1. The molecule has 1 aliphatic heterocycles. The van der Waals surface area contributed by atoms with Crippen LogP contribution >= 0.6 is 11.3 Å². The molecule has 2 amide bonds. The molecule has 0 fully saturated rings. The van der Waals surface area contributed by atoms with E-state index in [2.05, 4.69) is 17.5 Å². The summed E-state index contributed by atoms with van der Waals surface area (Å²) >= 11 is 1.71. The number of furan rings is 1. The van der Waals surface area contributed by atoms with E-state index in [0.717, 1.165) is 23.1 Å². The second-order valence-electron chi connectivity index (χ2n) is 8.62.